The van der Waals surface area contributed by atoms with Crippen molar-refractivity contribution < 1.29 is 19.6 Å². The third-order valence-corrected chi connectivity index (χ3v) is 3.76. The summed E-state index contributed by atoms with van der Waals surface area (Å²) >= 11 is 0. The van der Waals surface area contributed by atoms with Crippen molar-refractivity contribution in [1.82, 2.24) is 5.32 Å². The first-order valence-electron chi connectivity index (χ1n) is 6.84. The van der Waals surface area contributed by atoms with Gasteiger partial charge in [0, 0.05) is 18.7 Å². The Morgan fingerprint density at radius 2 is 2.14 bits per heavy atom. The minimum absolute atomic E-state index is 0.0191. The Morgan fingerprint density at radius 1 is 1.43 bits per heavy atom. The number of amides is 1. The number of phenols is 1. The van der Waals surface area contributed by atoms with Gasteiger partial charge in [-0.25, -0.2) is 0 Å². The van der Waals surface area contributed by atoms with Gasteiger partial charge < -0.3 is 15.2 Å². The predicted octanol–water partition coefficient (Wildman–Crippen LogP) is 1.99. The first kappa shape index (κ1) is 15.2. The fourth-order valence-corrected chi connectivity index (χ4v) is 2.61. The molecule has 21 heavy (non-hydrogen) atoms. The topological polar surface area (TPSA) is 102 Å². The molecule has 1 amide bonds. The van der Waals surface area contributed by atoms with Gasteiger partial charge in [0.25, 0.3) is 5.91 Å². The van der Waals surface area contributed by atoms with Crippen molar-refractivity contribution in [3.05, 3.63) is 33.9 Å². The zero-order chi connectivity index (χ0) is 15.4. The Bertz CT molecular complexity index is 546. The molecule has 1 saturated carbocycles. The van der Waals surface area contributed by atoms with E-state index in [1.807, 2.05) is 0 Å². The number of aromatic hydroxyl groups is 1. The molecule has 7 nitrogen and oxygen atoms in total. The maximum atomic E-state index is 12.2. The van der Waals surface area contributed by atoms with Crippen LogP contribution in [0, 0.1) is 10.1 Å². The molecule has 0 aromatic heterocycles. The zero-order valence-corrected chi connectivity index (χ0v) is 11.7. The highest BCUT2D eigenvalue weighted by atomic mass is 16.6. The van der Waals surface area contributed by atoms with Gasteiger partial charge in [0.05, 0.1) is 17.1 Å². The Kier molecular flexibility index (Phi) is 4.74. The van der Waals surface area contributed by atoms with Gasteiger partial charge in [-0.3, -0.25) is 14.9 Å². The lowest BCUT2D eigenvalue weighted by molar-refractivity contribution is -0.385. The van der Waals surface area contributed by atoms with Gasteiger partial charge >= 0.3 is 5.69 Å². The molecule has 1 aliphatic rings. The quantitative estimate of drug-likeness (QED) is 0.653. The average Bonchev–Trinajstić information content (AvgIpc) is 2.47. The molecule has 1 aromatic carbocycles. The van der Waals surface area contributed by atoms with Crippen LogP contribution in [0.3, 0.4) is 0 Å². The van der Waals surface area contributed by atoms with E-state index in [0.29, 0.717) is 0 Å². The number of carbonyl (C=O) groups excluding carboxylic acids is 1. The standard InChI is InChI=1S/C14H18N2O5/c1-21-13-5-3-2-4-10(13)15-14(18)9-6-7-11(16(19)20)12(17)8-9/h6-8,10,13,17H,2-5H2,1H3,(H,15,18)/t10-,13-/m0/s1. The number of ether oxygens (including phenoxy) is 1. The lowest BCUT2D eigenvalue weighted by atomic mass is 9.92. The second-order valence-electron chi connectivity index (χ2n) is 5.10. The molecule has 1 aliphatic carbocycles. The number of benzene rings is 1. The Morgan fingerprint density at radius 3 is 2.76 bits per heavy atom. The fraction of sp³-hybridized carbons (Fsp3) is 0.500. The summed E-state index contributed by atoms with van der Waals surface area (Å²) in [5, 5.41) is 23.1. The van der Waals surface area contributed by atoms with Crippen LogP contribution in [0.1, 0.15) is 36.0 Å². The average molecular weight is 294 g/mol. The number of nitrogens with zero attached hydrogens (tertiary/aromatic N) is 1. The van der Waals surface area contributed by atoms with Crippen molar-refractivity contribution >= 4 is 11.6 Å². The zero-order valence-electron chi connectivity index (χ0n) is 11.7. The first-order valence-corrected chi connectivity index (χ1v) is 6.84. The van der Waals surface area contributed by atoms with Crippen molar-refractivity contribution in [3.63, 3.8) is 0 Å². The predicted molar refractivity (Wildman–Crippen MR) is 75.3 cm³/mol. The fourth-order valence-electron chi connectivity index (χ4n) is 2.61. The van der Waals surface area contributed by atoms with Crippen LogP contribution in [0.5, 0.6) is 5.75 Å². The van der Waals surface area contributed by atoms with E-state index in [0.717, 1.165) is 37.8 Å². The third-order valence-electron chi connectivity index (χ3n) is 3.76. The maximum absolute atomic E-state index is 12.2. The van der Waals surface area contributed by atoms with E-state index in [2.05, 4.69) is 5.32 Å². The SMILES string of the molecule is CO[C@H]1CCCC[C@@H]1NC(=O)c1ccc([N+](=O)[O-])c(O)c1. The van der Waals surface area contributed by atoms with Gasteiger partial charge in [0.1, 0.15) is 0 Å². The molecule has 1 aromatic rings. The van der Waals surface area contributed by atoms with Gasteiger partial charge in [0.15, 0.2) is 5.75 Å². The van der Waals surface area contributed by atoms with Crippen LogP contribution >= 0.6 is 0 Å². The molecule has 0 saturated heterocycles. The summed E-state index contributed by atoms with van der Waals surface area (Å²) in [5.41, 5.74) is -0.225. The highest BCUT2D eigenvalue weighted by Gasteiger charge is 2.27. The van der Waals surface area contributed by atoms with Gasteiger partial charge in [0.2, 0.25) is 0 Å². The number of carbonyl (C=O) groups is 1. The van der Waals surface area contributed by atoms with Crippen LogP contribution in [-0.2, 0) is 4.74 Å². The smallest absolute Gasteiger partial charge is 0.310 e. The van der Waals surface area contributed by atoms with Crippen LogP contribution in [0.25, 0.3) is 0 Å². The van der Waals surface area contributed by atoms with Gasteiger partial charge in [-0.2, -0.15) is 0 Å². The molecule has 0 radical (unpaired) electrons. The summed E-state index contributed by atoms with van der Waals surface area (Å²) < 4.78 is 5.36. The highest BCUT2D eigenvalue weighted by molar-refractivity contribution is 5.95. The normalized spacial score (nSPS) is 21.8. The van der Waals surface area contributed by atoms with Crippen LogP contribution in [0.15, 0.2) is 18.2 Å². The molecule has 0 unspecified atom stereocenters. The van der Waals surface area contributed by atoms with E-state index in [1.54, 1.807) is 7.11 Å². The molecule has 2 rings (SSSR count). The van der Waals surface area contributed by atoms with Crippen molar-refractivity contribution in [2.24, 2.45) is 0 Å². The second-order valence-corrected chi connectivity index (χ2v) is 5.10. The molecule has 2 N–H and O–H groups in total. The van der Waals surface area contributed by atoms with Crippen molar-refractivity contribution in [1.29, 1.82) is 0 Å². The highest BCUT2D eigenvalue weighted by Crippen LogP contribution is 2.27. The largest absolute Gasteiger partial charge is 0.502 e. The molecule has 0 aliphatic heterocycles. The van der Waals surface area contributed by atoms with Crippen molar-refractivity contribution in [3.8, 4) is 5.75 Å². The van der Waals surface area contributed by atoms with Gasteiger partial charge in [-0.15, -0.1) is 0 Å². The summed E-state index contributed by atoms with van der Waals surface area (Å²) in [6.07, 6.45) is 3.81. The lowest BCUT2D eigenvalue weighted by Gasteiger charge is -2.31. The second kappa shape index (κ2) is 6.53. The summed E-state index contributed by atoms with van der Waals surface area (Å²) in [4.78, 5) is 22.1. The van der Waals surface area contributed by atoms with Gasteiger partial charge in [-0.1, -0.05) is 12.8 Å². The van der Waals surface area contributed by atoms with Crippen LogP contribution in [0.2, 0.25) is 0 Å². The summed E-state index contributed by atoms with van der Waals surface area (Å²) in [6, 6.07) is 3.49. The molecule has 0 heterocycles. The molecule has 2 atom stereocenters. The Labute approximate surface area is 122 Å². The van der Waals surface area contributed by atoms with Crippen LogP contribution in [-0.4, -0.2) is 35.2 Å². The van der Waals surface area contributed by atoms with E-state index in [9.17, 15) is 20.0 Å². The third kappa shape index (κ3) is 3.49. The molecular formula is C14H18N2O5. The van der Waals surface area contributed by atoms with Crippen LogP contribution < -0.4 is 5.32 Å². The summed E-state index contributed by atoms with van der Waals surface area (Å²) in [7, 11) is 1.62. The van der Waals surface area contributed by atoms with E-state index < -0.39 is 16.4 Å². The van der Waals surface area contributed by atoms with Gasteiger partial charge in [-0.05, 0) is 25.0 Å². The summed E-state index contributed by atoms with van der Waals surface area (Å²) in [6.45, 7) is 0. The first-order chi connectivity index (χ1) is 10.0. The monoisotopic (exact) mass is 294 g/mol. The number of nitrogens with one attached hydrogen (secondary N) is 1. The molecule has 7 heteroatoms. The van der Waals surface area contributed by atoms with E-state index in [4.69, 9.17) is 4.74 Å². The number of nitro benzene ring substituents is 1. The Balaban J connectivity index is 2.09. The molecule has 1 fully saturated rings. The molecule has 114 valence electrons. The summed E-state index contributed by atoms with van der Waals surface area (Å²) in [5.74, 6) is -0.881. The van der Waals surface area contributed by atoms with E-state index >= 15 is 0 Å². The van der Waals surface area contributed by atoms with Crippen molar-refractivity contribution in [2.45, 2.75) is 37.8 Å². The van der Waals surface area contributed by atoms with Crippen molar-refractivity contribution in [2.75, 3.05) is 7.11 Å². The number of hydrogen-bond acceptors (Lipinski definition) is 5. The van der Waals surface area contributed by atoms with E-state index in [-0.39, 0.29) is 23.6 Å². The number of hydrogen-bond donors (Lipinski definition) is 2. The minimum atomic E-state index is -0.695. The molecule has 0 bridgehead atoms. The number of nitro groups is 1. The minimum Gasteiger partial charge on any atom is -0.502 e. The Hall–Kier alpha value is -2.15. The number of phenolic OH excluding ortho intramolecular Hbond substituents is 1. The van der Waals surface area contributed by atoms with E-state index in [1.165, 1.54) is 6.07 Å². The van der Waals surface area contributed by atoms with Crippen LogP contribution in [0.4, 0.5) is 5.69 Å². The maximum Gasteiger partial charge on any atom is 0.310 e. The molecule has 0 spiro atoms. The lowest BCUT2D eigenvalue weighted by Crippen LogP contribution is -2.45. The number of methoxy groups -OCH3 is 1. The molecular weight excluding hydrogens is 276 g/mol. The number of rotatable bonds is 4.